The maximum absolute atomic E-state index is 11.7. The monoisotopic (exact) mass is 246 g/mol. The molecule has 1 heterocycles. The number of nitrogens with zero attached hydrogens (tertiary/aromatic N) is 1. The number of methoxy groups -OCH3 is 1. The Morgan fingerprint density at radius 1 is 1.33 bits per heavy atom. The van der Waals surface area contributed by atoms with Crippen molar-refractivity contribution in [3.8, 4) is 16.9 Å². The summed E-state index contributed by atoms with van der Waals surface area (Å²) in [6.07, 6.45) is 1.24. The highest BCUT2D eigenvalue weighted by molar-refractivity contribution is 5.83. The highest BCUT2D eigenvalue weighted by Crippen LogP contribution is 2.18. The molecule has 2 N–H and O–H groups in total. The number of nitrogens with one attached hydrogen (secondary N) is 1. The second-order valence-electron chi connectivity index (χ2n) is 3.51. The van der Waals surface area contributed by atoms with Gasteiger partial charge in [0.05, 0.1) is 12.7 Å². The van der Waals surface area contributed by atoms with Gasteiger partial charge in [-0.3, -0.25) is 4.79 Å². The molecular formula is C12H10N2O4. The molecule has 2 aromatic rings. The molecule has 0 bridgehead atoms. The third kappa shape index (κ3) is 2.22. The molecule has 6 nitrogen and oxygen atoms in total. The predicted molar refractivity (Wildman–Crippen MR) is 63.8 cm³/mol. The Morgan fingerprint density at radius 3 is 2.50 bits per heavy atom. The fraction of sp³-hybridized carbons (Fsp3) is 0.0833. The van der Waals surface area contributed by atoms with E-state index in [1.807, 2.05) is 0 Å². The summed E-state index contributed by atoms with van der Waals surface area (Å²) in [5, 5.41) is 8.69. The van der Waals surface area contributed by atoms with Gasteiger partial charge in [-0.15, -0.1) is 0 Å². The van der Waals surface area contributed by atoms with Crippen LogP contribution in [0.5, 0.6) is 5.75 Å². The van der Waals surface area contributed by atoms with E-state index in [1.54, 1.807) is 31.4 Å². The lowest BCUT2D eigenvalue weighted by molar-refractivity contribution is 0.0683. The summed E-state index contributed by atoms with van der Waals surface area (Å²) in [5.74, 6) is -0.976. The average molecular weight is 246 g/mol. The normalized spacial score (nSPS) is 10.1. The third-order valence-corrected chi connectivity index (χ3v) is 2.40. The fourth-order valence-electron chi connectivity index (χ4n) is 1.48. The van der Waals surface area contributed by atoms with E-state index in [0.717, 1.165) is 0 Å². The van der Waals surface area contributed by atoms with Gasteiger partial charge >= 0.3 is 5.97 Å². The van der Waals surface area contributed by atoms with Gasteiger partial charge in [0.25, 0.3) is 5.56 Å². The van der Waals surface area contributed by atoms with E-state index < -0.39 is 11.5 Å². The summed E-state index contributed by atoms with van der Waals surface area (Å²) >= 11 is 0. The van der Waals surface area contributed by atoms with Crippen molar-refractivity contribution in [3.05, 3.63) is 46.6 Å². The van der Waals surface area contributed by atoms with Crippen LogP contribution in [0.25, 0.3) is 11.1 Å². The molecule has 6 heteroatoms. The number of ether oxygens (including phenoxy) is 1. The van der Waals surface area contributed by atoms with Gasteiger partial charge in [-0.2, -0.15) is 0 Å². The average Bonchev–Trinajstić information content (AvgIpc) is 2.38. The van der Waals surface area contributed by atoms with Crippen molar-refractivity contribution in [2.45, 2.75) is 0 Å². The highest BCUT2D eigenvalue weighted by Gasteiger charge is 2.09. The van der Waals surface area contributed by atoms with Crippen molar-refractivity contribution in [1.29, 1.82) is 0 Å². The van der Waals surface area contributed by atoms with Gasteiger partial charge in [0.2, 0.25) is 5.82 Å². The van der Waals surface area contributed by atoms with Crippen LogP contribution >= 0.6 is 0 Å². The minimum atomic E-state index is -1.27. The predicted octanol–water partition coefficient (Wildman–Crippen LogP) is 1.14. The first-order chi connectivity index (χ1) is 8.61. The van der Waals surface area contributed by atoms with Gasteiger partial charge in [-0.05, 0) is 17.7 Å². The number of hydrogen-bond donors (Lipinski definition) is 2. The Bertz CT molecular complexity index is 631. The lowest BCUT2D eigenvalue weighted by Crippen LogP contribution is -2.16. The first-order valence-electron chi connectivity index (χ1n) is 5.09. The maximum atomic E-state index is 11.7. The van der Waals surface area contributed by atoms with Gasteiger partial charge in [-0.1, -0.05) is 12.1 Å². The summed E-state index contributed by atoms with van der Waals surface area (Å²) in [6, 6.07) is 6.82. The highest BCUT2D eigenvalue weighted by atomic mass is 16.5. The molecule has 18 heavy (non-hydrogen) atoms. The summed E-state index contributed by atoms with van der Waals surface area (Å²) in [4.78, 5) is 28.2. The molecule has 0 aliphatic rings. The third-order valence-electron chi connectivity index (χ3n) is 2.40. The Labute approximate surface area is 102 Å². The van der Waals surface area contributed by atoms with E-state index in [-0.39, 0.29) is 5.82 Å². The maximum Gasteiger partial charge on any atom is 0.372 e. The quantitative estimate of drug-likeness (QED) is 0.847. The molecule has 2 rings (SSSR count). The zero-order chi connectivity index (χ0) is 13.1. The number of H-pyrrole nitrogens is 1. The lowest BCUT2D eigenvalue weighted by atomic mass is 10.1. The SMILES string of the molecule is COc1ccc(-c2cnc(C(=O)O)[nH]c2=O)cc1. The summed E-state index contributed by atoms with van der Waals surface area (Å²) in [5.41, 5.74) is 0.455. The van der Waals surface area contributed by atoms with Crippen molar-refractivity contribution in [2.75, 3.05) is 7.11 Å². The molecule has 0 fully saturated rings. The minimum absolute atomic E-state index is 0.308. The van der Waals surface area contributed by atoms with Crippen LogP contribution in [0.3, 0.4) is 0 Å². The van der Waals surface area contributed by atoms with E-state index in [0.29, 0.717) is 16.9 Å². The number of aromatic nitrogens is 2. The fourth-order valence-corrected chi connectivity index (χ4v) is 1.48. The smallest absolute Gasteiger partial charge is 0.372 e. The zero-order valence-electron chi connectivity index (χ0n) is 9.51. The summed E-state index contributed by atoms with van der Waals surface area (Å²) < 4.78 is 5.01. The van der Waals surface area contributed by atoms with Crippen LogP contribution < -0.4 is 10.3 Å². The van der Waals surface area contributed by atoms with E-state index in [1.165, 1.54) is 6.20 Å². The zero-order valence-corrected chi connectivity index (χ0v) is 9.51. The summed E-state index contributed by atoms with van der Waals surface area (Å²) in [6.45, 7) is 0. The Hall–Kier alpha value is -2.63. The molecule has 0 radical (unpaired) electrons. The molecule has 0 aliphatic carbocycles. The molecule has 0 unspecified atom stereocenters. The Morgan fingerprint density at radius 2 is 2.00 bits per heavy atom. The standard InChI is InChI=1S/C12H10N2O4/c1-18-8-4-2-7(3-5-8)9-6-13-10(12(16)17)14-11(9)15/h2-6H,1H3,(H,16,17)(H,13,14,15). The van der Waals surface area contributed by atoms with Crippen LogP contribution in [-0.2, 0) is 0 Å². The first-order valence-corrected chi connectivity index (χ1v) is 5.09. The number of carboxylic acids is 1. The second-order valence-corrected chi connectivity index (χ2v) is 3.51. The molecule has 92 valence electrons. The number of carbonyl (C=O) groups is 1. The molecule has 0 aliphatic heterocycles. The number of carboxylic acid groups (broad SMARTS) is 1. The van der Waals surface area contributed by atoms with E-state index in [2.05, 4.69) is 9.97 Å². The number of hydrogen-bond acceptors (Lipinski definition) is 4. The van der Waals surface area contributed by atoms with Crippen LogP contribution in [0, 0.1) is 0 Å². The van der Waals surface area contributed by atoms with Crippen LogP contribution in [0.4, 0.5) is 0 Å². The van der Waals surface area contributed by atoms with Gasteiger partial charge in [0.1, 0.15) is 5.75 Å². The van der Waals surface area contributed by atoms with Gasteiger partial charge in [0.15, 0.2) is 0 Å². The van der Waals surface area contributed by atoms with Crippen molar-refractivity contribution in [3.63, 3.8) is 0 Å². The van der Waals surface area contributed by atoms with Crippen molar-refractivity contribution in [1.82, 2.24) is 9.97 Å². The molecule has 0 saturated carbocycles. The molecule has 1 aromatic heterocycles. The number of aromatic carboxylic acids is 1. The van der Waals surface area contributed by atoms with Gasteiger partial charge in [-0.25, -0.2) is 9.78 Å². The van der Waals surface area contributed by atoms with Crippen LogP contribution in [-0.4, -0.2) is 28.2 Å². The minimum Gasteiger partial charge on any atom is -0.497 e. The molecule has 0 spiro atoms. The second kappa shape index (κ2) is 4.70. The van der Waals surface area contributed by atoms with Crippen LogP contribution in [0.1, 0.15) is 10.6 Å². The van der Waals surface area contributed by atoms with Gasteiger partial charge in [0, 0.05) is 6.20 Å². The van der Waals surface area contributed by atoms with Crippen molar-refractivity contribution in [2.24, 2.45) is 0 Å². The molecule has 0 amide bonds. The largest absolute Gasteiger partial charge is 0.497 e. The van der Waals surface area contributed by atoms with E-state index in [9.17, 15) is 9.59 Å². The first kappa shape index (κ1) is 11.8. The Kier molecular flexibility index (Phi) is 3.09. The number of benzene rings is 1. The van der Waals surface area contributed by atoms with Crippen LogP contribution in [0.2, 0.25) is 0 Å². The molecular weight excluding hydrogens is 236 g/mol. The van der Waals surface area contributed by atoms with E-state index in [4.69, 9.17) is 9.84 Å². The lowest BCUT2D eigenvalue weighted by Gasteiger charge is -2.03. The number of rotatable bonds is 3. The Balaban J connectivity index is 2.44. The van der Waals surface area contributed by atoms with Gasteiger partial charge < -0.3 is 14.8 Å². The van der Waals surface area contributed by atoms with Crippen molar-refractivity contribution < 1.29 is 14.6 Å². The van der Waals surface area contributed by atoms with Crippen LogP contribution in [0.15, 0.2) is 35.3 Å². The number of aromatic amines is 1. The topological polar surface area (TPSA) is 92.3 Å². The molecule has 0 atom stereocenters. The molecule has 1 aromatic carbocycles. The van der Waals surface area contributed by atoms with Crippen molar-refractivity contribution >= 4 is 5.97 Å². The van der Waals surface area contributed by atoms with E-state index >= 15 is 0 Å². The molecule has 0 saturated heterocycles. The summed E-state index contributed by atoms with van der Waals surface area (Å²) in [7, 11) is 1.55.